The molecule has 0 bridgehead atoms. The van der Waals surface area contributed by atoms with E-state index in [1.807, 2.05) is 43.3 Å². The molecule has 1 aliphatic heterocycles. The topological polar surface area (TPSA) is 66.8 Å². The molecule has 134 valence electrons. The number of rotatable bonds is 3. The monoisotopic (exact) mass is 349 g/mol. The van der Waals surface area contributed by atoms with E-state index < -0.39 is 0 Å². The van der Waals surface area contributed by atoms with Gasteiger partial charge in [0.25, 0.3) is 5.91 Å². The Labute approximate surface area is 152 Å². The number of nitrogens with zero attached hydrogens (tertiary/aromatic N) is 4. The lowest BCUT2D eigenvalue weighted by Gasteiger charge is -2.31. The van der Waals surface area contributed by atoms with E-state index in [-0.39, 0.29) is 11.8 Å². The van der Waals surface area contributed by atoms with Crippen molar-refractivity contribution in [2.75, 3.05) is 13.1 Å². The number of amides is 1. The number of imidazole rings is 1. The summed E-state index contributed by atoms with van der Waals surface area (Å²) < 4.78 is 1.74. The van der Waals surface area contributed by atoms with Crippen molar-refractivity contribution in [2.24, 2.45) is 7.05 Å². The van der Waals surface area contributed by atoms with Gasteiger partial charge in [-0.2, -0.15) is 5.10 Å². The summed E-state index contributed by atoms with van der Waals surface area (Å²) in [6, 6.07) is 10.2. The maximum atomic E-state index is 12.9. The van der Waals surface area contributed by atoms with E-state index in [2.05, 4.69) is 27.2 Å². The molecule has 1 aromatic carbocycles. The second-order valence-corrected chi connectivity index (χ2v) is 6.91. The Bertz CT molecular complexity index is 911. The van der Waals surface area contributed by atoms with Gasteiger partial charge < -0.3 is 9.88 Å². The summed E-state index contributed by atoms with van der Waals surface area (Å²) in [5, 5.41) is 4.20. The van der Waals surface area contributed by atoms with Gasteiger partial charge in [-0.3, -0.25) is 9.48 Å². The molecule has 0 radical (unpaired) electrons. The van der Waals surface area contributed by atoms with E-state index in [1.165, 1.54) is 0 Å². The molecule has 1 saturated heterocycles. The number of hydrogen-bond donors (Lipinski definition) is 1. The summed E-state index contributed by atoms with van der Waals surface area (Å²) in [6.07, 6.45) is 5.58. The van der Waals surface area contributed by atoms with Gasteiger partial charge in [-0.1, -0.05) is 30.3 Å². The minimum Gasteiger partial charge on any atom is -0.342 e. The number of aromatic nitrogens is 4. The van der Waals surface area contributed by atoms with Crippen LogP contribution in [0.2, 0.25) is 0 Å². The van der Waals surface area contributed by atoms with Gasteiger partial charge in [-0.15, -0.1) is 0 Å². The van der Waals surface area contributed by atoms with Gasteiger partial charge in [0.05, 0.1) is 23.7 Å². The molecule has 6 nitrogen and oxygen atoms in total. The van der Waals surface area contributed by atoms with Crippen LogP contribution in [0.4, 0.5) is 0 Å². The van der Waals surface area contributed by atoms with Crippen molar-refractivity contribution in [1.29, 1.82) is 0 Å². The quantitative estimate of drug-likeness (QED) is 0.790. The number of carbonyl (C=O) groups is 1. The third-order valence-corrected chi connectivity index (χ3v) is 5.24. The van der Waals surface area contributed by atoms with Gasteiger partial charge in [0.2, 0.25) is 0 Å². The average Bonchev–Trinajstić information content (AvgIpc) is 3.30. The predicted molar refractivity (Wildman–Crippen MR) is 99.8 cm³/mol. The van der Waals surface area contributed by atoms with E-state index >= 15 is 0 Å². The third kappa shape index (κ3) is 3.03. The molecule has 1 atom stereocenters. The fraction of sp³-hybridized carbons (Fsp3) is 0.350. The van der Waals surface area contributed by atoms with Crippen LogP contribution >= 0.6 is 0 Å². The summed E-state index contributed by atoms with van der Waals surface area (Å²) in [7, 11) is 1.86. The van der Waals surface area contributed by atoms with Crippen molar-refractivity contribution in [3.05, 3.63) is 59.8 Å². The Kier molecular flexibility index (Phi) is 4.32. The lowest BCUT2D eigenvalue weighted by molar-refractivity contribution is 0.0704. The average molecular weight is 349 g/mol. The van der Waals surface area contributed by atoms with Crippen LogP contribution in [0.5, 0.6) is 0 Å². The standard InChI is InChI=1S/C20H23N5O/c1-14-17(11-22-24(14)2)20(26)25-10-6-9-16(13-25)19-21-12-18(23-19)15-7-4-3-5-8-15/h3-5,7-8,11-12,16H,6,9-10,13H2,1-2H3,(H,21,23)/t16-/m1/s1. The molecule has 6 heteroatoms. The van der Waals surface area contributed by atoms with Gasteiger partial charge in [-0.25, -0.2) is 4.98 Å². The summed E-state index contributed by atoms with van der Waals surface area (Å²) in [5.41, 5.74) is 3.74. The van der Waals surface area contributed by atoms with E-state index in [9.17, 15) is 4.79 Å². The maximum Gasteiger partial charge on any atom is 0.257 e. The van der Waals surface area contributed by atoms with E-state index in [1.54, 1.807) is 10.9 Å². The number of aromatic amines is 1. The highest BCUT2D eigenvalue weighted by atomic mass is 16.2. The minimum atomic E-state index is 0.0649. The molecule has 0 spiro atoms. The highest BCUT2D eigenvalue weighted by Gasteiger charge is 2.28. The van der Waals surface area contributed by atoms with Crippen molar-refractivity contribution >= 4 is 5.91 Å². The number of hydrogen-bond acceptors (Lipinski definition) is 3. The Morgan fingerprint density at radius 2 is 2.04 bits per heavy atom. The molecule has 2 aromatic heterocycles. The summed E-state index contributed by atoms with van der Waals surface area (Å²) in [4.78, 5) is 22.9. The number of benzene rings is 1. The molecule has 26 heavy (non-hydrogen) atoms. The third-order valence-electron chi connectivity index (χ3n) is 5.24. The number of nitrogens with one attached hydrogen (secondary N) is 1. The Hall–Kier alpha value is -2.89. The van der Waals surface area contributed by atoms with Crippen molar-refractivity contribution in [2.45, 2.75) is 25.7 Å². The van der Waals surface area contributed by atoms with Crippen molar-refractivity contribution < 1.29 is 4.79 Å². The first kappa shape index (κ1) is 16.6. The molecule has 1 aliphatic rings. The van der Waals surface area contributed by atoms with Gasteiger partial charge in [0, 0.05) is 31.7 Å². The largest absolute Gasteiger partial charge is 0.342 e. The van der Waals surface area contributed by atoms with Crippen LogP contribution < -0.4 is 0 Å². The normalized spacial score (nSPS) is 17.5. The van der Waals surface area contributed by atoms with Crippen LogP contribution in [-0.2, 0) is 7.05 Å². The SMILES string of the molecule is Cc1c(C(=O)N2CCC[C@@H](c3ncc(-c4ccccc4)[nH]3)C2)cnn1C. The highest BCUT2D eigenvalue weighted by molar-refractivity contribution is 5.95. The molecule has 4 rings (SSSR count). The van der Waals surface area contributed by atoms with E-state index in [0.717, 1.165) is 42.2 Å². The van der Waals surface area contributed by atoms with Crippen molar-refractivity contribution in [3.63, 3.8) is 0 Å². The zero-order valence-electron chi connectivity index (χ0n) is 15.1. The van der Waals surface area contributed by atoms with Crippen LogP contribution in [0.3, 0.4) is 0 Å². The second-order valence-electron chi connectivity index (χ2n) is 6.91. The molecule has 3 aromatic rings. The van der Waals surface area contributed by atoms with Crippen LogP contribution in [0, 0.1) is 6.92 Å². The molecule has 0 saturated carbocycles. The summed E-state index contributed by atoms with van der Waals surface area (Å²) in [5.74, 6) is 1.27. The highest BCUT2D eigenvalue weighted by Crippen LogP contribution is 2.28. The lowest BCUT2D eigenvalue weighted by Crippen LogP contribution is -2.39. The van der Waals surface area contributed by atoms with Crippen LogP contribution in [0.15, 0.2) is 42.7 Å². The second kappa shape index (κ2) is 6.78. The fourth-order valence-corrected chi connectivity index (χ4v) is 3.57. The number of likely N-dealkylation sites (tertiary alicyclic amines) is 1. The number of H-pyrrole nitrogens is 1. The number of aryl methyl sites for hydroxylation is 1. The molecular weight excluding hydrogens is 326 g/mol. The van der Waals surface area contributed by atoms with Gasteiger partial charge in [0.15, 0.2) is 0 Å². The number of carbonyl (C=O) groups excluding carboxylic acids is 1. The minimum absolute atomic E-state index is 0.0649. The Balaban J connectivity index is 1.51. The molecule has 0 unspecified atom stereocenters. The lowest BCUT2D eigenvalue weighted by atomic mass is 9.96. The molecule has 1 N–H and O–H groups in total. The predicted octanol–water partition coefficient (Wildman–Crippen LogP) is 3.14. The Morgan fingerprint density at radius 1 is 1.23 bits per heavy atom. The van der Waals surface area contributed by atoms with Crippen molar-refractivity contribution in [1.82, 2.24) is 24.6 Å². The molecule has 1 amide bonds. The first-order valence-corrected chi connectivity index (χ1v) is 9.01. The zero-order valence-corrected chi connectivity index (χ0v) is 15.1. The smallest absolute Gasteiger partial charge is 0.257 e. The van der Waals surface area contributed by atoms with Gasteiger partial charge in [0.1, 0.15) is 5.82 Å². The Morgan fingerprint density at radius 3 is 2.77 bits per heavy atom. The van der Waals surface area contributed by atoms with E-state index in [4.69, 9.17) is 0 Å². The van der Waals surface area contributed by atoms with Gasteiger partial charge in [-0.05, 0) is 25.3 Å². The van der Waals surface area contributed by atoms with Crippen molar-refractivity contribution in [3.8, 4) is 11.3 Å². The van der Waals surface area contributed by atoms with Gasteiger partial charge >= 0.3 is 0 Å². The molecule has 1 fully saturated rings. The van der Waals surface area contributed by atoms with Crippen LogP contribution in [-0.4, -0.2) is 43.6 Å². The number of piperidine rings is 1. The molecule has 0 aliphatic carbocycles. The fourth-order valence-electron chi connectivity index (χ4n) is 3.57. The summed E-state index contributed by atoms with van der Waals surface area (Å²) >= 11 is 0. The van der Waals surface area contributed by atoms with E-state index in [0.29, 0.717) is 12.1 Å². The summed E-state index contributed by atoms with van der Waals surface area (Å²) in [6.45, 7) is 3.41. The van der Waals surface area contributed by atoms with Crippen LogP contribution in [0.25, 0.3) is 11.3 Å². The van der Waals surface area contributed by atoms with Crippen LogP contribution in [0.1, 0.15) is 40.6 Å². The zero-order chi connectivity index (χ0) is 18.1. The maximum absolute atomic E-state index is 12.9. The molecular formula is C20H23N5O. The first-order valence-electron chi connectivity index (χ1n) is 9.01. The first-order chi connectivity index (χ1) is 12.6. The molecule has 3 heterocycles.